The number of carbonyl (C=O) groups excluding carboxylic acids is 2. The van der Waals surface area contributed by atoms with E-state index >= 15 is 0 Å². The summed E-state index contributed by atoms with van der Waals surface area (Å²) in [6.07, 6.45) is -0.508. The van der Waals surface area contributed by atoms with Gasteiger partial charge < -0.3 is 14.4 Å². The predicted molar refractivity (Wildman–Crippen MR) is 98.1 cm³/mol. The molecule has 1 aliphatic heterocycles. The summed E-state index contributed by atoms with van der Waals surface area (Å²) in [5.41, 5.74) is 1.50. The van der Waals surface area contributed by atoms with E-state index in [0.717, 1.165) is 11.3 Å². The Labute approximate surface area is 157 Å². The van der Waals surface area contributed by atoms with Crippen LogP contribution < -0.4 is 4.74 Å². The second-order valence-electron chi connectivity index (χ2n) is 6.42. The Kier molecular flexibility index (Phi) is 5.47. The molecule has 6 heteroatoms. The molecule has 1 heterocycles. The molecule has 0 unspecified atom stereocenters. The fourth-order valence-electron chi connectivity index (χ4n) is 2.85. The molecule has 2 atom stereocenters. The number of rotatable bonds is 4. The minimum Gasteiger partial charge on any atom is -0.492 e. The fourth-order valence-corrected chi connectivity index (χ4v) is 3.04. The summed E-state index contributed by atoms with van der Waals surface area (Å²) >= 11 is 6.02. The van der Waals surface area contributed by atoms with E-state index in [4.69, 9.17) is 21.1 Å². The van der Waals surface area contributed by atoms with Gasteiger partial charge in [-0.15, -0.1) is 0 Å². The van der Waals surface area contributed by atoms with Gasteiger partial charge >= 0.3 is 5.97 Å². The van der Waals surface area contributed by atoms with Gasteiger partial charge in [-0.3, -0.25) is 9.59 Å². The van der Waals surface area contributed by atoms with E-state index < -0.39 is 18.0 Å². The van der Waals surface area contributed by atoms with Crippen LogP contribution in [-0.4, -0.2) is 37.5 Å². The second-order valence-corrected chi connectivity index (χ2v) is 6.86. The third kappa shape index (κ3) is 3.99. The minimum atomic E-state index is -0.973. The van der Waals surface area contributed by atoms with Gasteiger partial charge in [0.05, 0.1) is 5.92 Å². The number of halogens is 1. The van der Waals surface area contributed by atoms with Crippen molar-refractivity contribution >= 4 is 23.5 Å². The topological polar surface area (TPSA) is 55.8 Å². The fraction of sp³-hybridized carbons (Fsp3) is 0.300. The van der Waals surface area contributed by atoms with Gasteiger partial charge in [0.15, 0.2) is 0 Å². The van der Waals surface area contributed by atoms with E-state index in [1.54, 1.807) is 56.6 Å². The van der Waals surface area contributed by atoms with Crippen LogP contribution in [-0.2, 0) is 20.7 Å². The SMILES string of the molecule is CN(C)C(=O)[C@H](OC(=O)[C@H]1COc2ccc(Cl)cc2C1)c1ccccc1. The Morgan fingerprint density at radius 1 is 1.19 bits per heavy atom. The van der Waals surface area contributed by atoms with Gasteiger partial charge in [0.1, 0.15) is 12.4 Å². The van der Waals surface area contributed by atoms with E-state index in [0.29, 0.717) is 17.0 Å². The van der Waals surface area contributed by atoms with E-state index in [-0.39, 0.29) is 12.5 Å². The van der Waals surface area contributed by atoms with Crippen LogP contribution in [0.1, 0.15) is 17.2 Å². The molecular weight excluding hydrogens is 354 g/mol. The summed E-state index contributed by atoms with van der Waals surface area (Å²) in [5, 5.41) is 0.589. The first-order valence-electron chi connectivity index (χ1n) is 8.33. The number of benzene rings is 2. The molecule has 26 heavy (non-hydrogen) atoms. The Hall–Kier alpha value is -2.53. The molecule has 0 radical (unpaired) electrons. The summed E-state index contributed by atoms with van der Waals surface area (Å²) in [6, 6.07) is 14.3. The molecule has 0 fully saturated rings. The predicted octanol–water partition coefficient (Wildman–Crippen LogP) is 3.26. The molecule has 0 saturated heterocycles. The lowest BCUT2D eigenvalue weighted by atomic mass is 9.96. The normalized spacial score (nSPS) is 16.8. The van der Waals surface area contributed by atoms with Gasteiger partial charge in [-0.2, -0.15) is 0 Å². The van der Waals surface area contributed by atoms with Gasteiger partial charge in [-0.25, -0.2) is 0 Å². The van der Waals surface area contributed by atoms with E-state index in [2.05, 4.69) is 0 Å². The quantitative estimate of drug-likeness (QED) is 0.772. The van der Waals surface area contributed by atoms with Crippen molar-refractivity contribution in [3.8, 4) is 5.75 Å². The number of esters is 1. The van der Waals surface area contributed by atoms with E-state index in [9.17, 15) is 9.59 Å². The van der Waals surface area contributed by atoms with Gasteiger partial charge in [0.2, 0.25) is 6.10 Å². The number of hydrogen-bond donors (Lipinski definition) is 0. The molecule has 2 aromatic carbocycles. The molecule has 1 aliphatic rings. The molecule has 0 bridgehead atoms. The Balaban J connectivity index is 1.77. The number of ether oxygens (including phenoxy) is 2. The average molecular weight is 374 g/mol. The van der Waals surface area contributed by atoms with Crippen molar-refractivity contribution < 1.29 is 19.1 Å². The Morgan fingerprint density at radius 2 is 1.92 bits per heavy atom. The van der Waals surface area contributed by atoms with E-state index in [1.165, 1.54) is 4.90 Å². The van der Waals surface area contributed by atoms with E-state index in [1.807, 2.05) is 6.07 Å². The van der Waals surface area contributed by atoms with Gasteiger partial charge in [0, 0.05) is 24.7 Å². The maximum atomic E-state index is 12.7. The second kappa shape index (κ2) is 7.79. The summed E-state index contributed by atoms with van der Waals surface area (Å²) in [4.78, 5) is 26.6. The van der Waals surface area contributed by atoms with Crippen LogP contribution in [0.3, 0.4) is 0 Å². The summed E-state index contributed by atoms with van der Waals surface area (Å²) in [6.45, 7) is 0.213. The van der Waals surface area contributed by atoms with Crippen molar-refractivity contribution in [1.29, 1.82) is 0 Å². The largest absolute Gasteiger partial charge is 0.492 e. The van der Waals surface area contributed by atoms with Gasteiger partial charge in [-0.1, -0.05) is 41.9 Å². The minimum absolute atomic E-state index is 0.213. The highest BCUT2D eigenvalue weighted by Gasteiger charge is 2.32. The average Bonchev–Trinajstić information content (AvgIpc) is 2.65. The number of hydrogen-bond acceptors (Lipinski definition) is 4. The van der Waals surface area contributed by atoms with Crippen LogP contribution >= 0.6 is 11.6 Å². The van der Waals surface area contributed by atoms with Crippen molar-refractivity contribution in [3.05, 3.63) is 64.7 Å². The lowest BCUT2D eigenvalue weighted by molar-refractivity contribution is -0.164. The van der Waals surface area contributed by atoms with Crippen molar-refractivity contribution in [2.24, 2.45) is 5.92 Å². The van der Waals surface area contributed by atoms with Crippen molar-refractivity contribution in [2.75, 3.05) is 20.7 Å². The molecule has 0 spiro atoms. The number of fused-ring (bicyclic) bond motifs is 1. The van der Waals surface area contributed by atoms with Crippen molar-refractivity contribution in [2.45, 2.75) is 12.5 Å². The zero-order valence-electron chi connectivity index (χ0n) is 14.6. The number of amides is 1. The zero-order valence-corrected chi connectivity index (χ0v) is 15.4. The number of carbonyl (C=O) groups is 2. The van der Waals surface area contributed by atoms with Crippen LogP contribution in [0.5, 0.6) is 5.75 Å². The highest BCUT2D eigenvalue weighted by Crippen LogP contribution is 2.31. The molecule has 1 amide bonds. The molecular formula is C20H20ClNO4. The Bertz CT molecular complexity index is 807. The lowest BCUT2D eigenvalue weighted by Crippen LogP contribution is -2.35. The summed E-state index contributed by atoms with van der Waals surface area (Å²) in [7, 11) is 3.27. The number of likely N-dealkylation sites (N-methyl/N-ethyl adjacent to an activating group) is 1. The standard InChI is InChI=1S/C20H20ClNO4/c1-22(2)19(23)18(13-6-4-3-5-7-13)26-20(24)15-10-14-11-16(21)8-9-17(14)25-12-15/h3-9,11,15,18H,10,12H2,1-2H3/t15-,18-/m1/s1. The molecule has 5 nitrogen and oxygen atoms in total. The van der Waals surface area contributed by atoms with Crippen molar-refractivity contribution in [3.63, 3.8) is 0 Å². The highest BCUT2D eigenvalue weighted by molar-refractivity contribution is 6.30. The van der Waals surface area contributed by atoms with Crippen LogP contribution in [0.4, 0.5) is 0 Å². The highest BCUT2D eigenvalue weighted by atomic mass is 35.5. The van der Waals surface area contributed by atoms with Crippen molar-refractivity contribution in [1.82, 2.24) is 4.90 Å². The third-order valence-electron chi connectivity index (χ3n) is 4.26. The number of nitrogens with zero attached hydrogens (tertiary/aromatic N) is 1. The molecule has 0 aliphatic carbocycles. The molecule has 136 valence electrons. The third-order valence-corrected chi connectivity index (χ3v) is 4.50. The molecule has 2 aromatic rings. The maximum absolute atomic E-state index is 12.7. The van der Waals surface area contributed by atoms with Crippen LogP contribution in [0.15, 0.2) is 48.5 Å². The molecule has 3 rings (SSSR count). The van der Waals surface area contributed by atoms with Crippen LogP contribution in [0.2, 0.25) is 5.02 Å². The monoisotopic (exact) mass is 373 g/mol. The zero-order chi connectivity index (χ0) is 18.7. The molecule has 0 N–H and O–H groups in total. The first-order valence-corrected chi connectivity index (χ1v) is 8.71. The first-order chi connectivity index (χ1) is 12.5. The summed E-state index contributed by atoms with van der Waals surface area (Å²) in [5.74, 6) is -0.506. The smallest absolute Gasteiger partial charge is 0.313 e. The van der Waals surface area contributed by atoms with Crippen LogP contribution in [0.25, 0.3) is 0 Å². The lowest BCUT2D eigenvalue weighted by Gasteiger charge is -2.27. The summed E-state index contributed by atoms with van der Waals surface area (Å²) < 4.78 is 11.3. The first kappa shape index (κ1) is 18.3. The molecule has 0 saturated carbocycles. The van der Waals surface area contributed by atoms with Gasteiger partial charge in [-0.05, 0) is 30.2 Å². The van der Waals surface area contributed by atoms with Crippen LogP contribution in [0, 0.1) is 5.92 Å². The maximum Gasteiger partial charge on any atom is 0.313 e. The molecule has 0 aromatic heterocycles. The Morgan fingerprint density at radius 3 is 2.62 bits per heavy atom. The van der Waals surface area contributed by atoms with Gasteiger partial charge in [0.25, 0.3) is 5.91 Å².